The van der Waals surface area contributed by atoms with Crippen LogP contribution in [0, 0.1) is 18.3 Å². The van der Waals surface area contributed by atoms with Crippen LogP contribution in [-0.4, -0.2) is 47.2 Å². The van der Waals surface area contributed by atoms with E-state index >= 15 is 0 Å². The number of nitrogens with zero attached hydrogens (tertiary/aromatic N) is 8. The van der Waals surface area contributed by atoms with Gasteiger partial charge in [-0.15, -0.1) is 0 Å². The van der Waals surface area contributed by atoms with Crippen LogP contribution in [0.25, 0.3) is 27.5 Å². The summed E-state index contributed by atoms with van der Waals surface area (Å²) in [5.74, 6) is 0. The molecule has 6 heterocycles. The fourth-order valence-corrected chi connectivity index (χ4v) is 5.94. The smallest absolute Gasteiger partial charge is 0.127 e. The molecule has 0 spiro atoms. The number of aromatic nitrogens is 7. The van der Waals surface area contributed by atoms with Gasteiger partial charge >= 0.3 is 0 Å². The number of fused-ring (bicyclic) bond motifs is 2. The van der Waals surface area contributed by atoms with Crippen LogP contribution in [0.5, 0.6) is 0 Å². The number of pyridine rings is 2. The lowest BCUT2D eigenvalue weighted by Gasteiger charge is -2.24. The standard InChI is InChI=1S/C24H23N9S/c1-15-20(13-30-33(15)19-4-6-26-7-5-19)17-9-21(22-18(10-25)12-29-32(22)14-17)34-24-23-16(3-8-27-24)11-28-31(23)2/h3,8-9,11-14,19,26H,4-7H2,1-2H3. The molecule has 1 aliphatic heterocycles. The van der Waals surface area contributed by atoms with E-state index in [1.807, 2.05) is 36.4 Å². The second-order valence-corrected chi connectivity index (χ2v) is 9.58. The number of aryl methyl sites for hydroxylation is 1. The summed E-state index contributed by atoms with van der Waals surface area (Å²) in [4.78, 5) is 5.55. The Labute approximate surface area is 200 Å². The van der Waals surface area contributed by atoms with Gasteiger partial charge in [0.2, 0.25) is 0 Å². The molecule has 0 radical (unpaired) electrons. The first-order valence-electron chi connectivity index (χ1n) is 11.3. The molecule has 6 rings (SSSR count). The molecule has 1 aliphatic rings. The fourth-order valence-electron chi connectivity index (χ4n) is 4.78. The molecule has 0 atom stereocenters. The summed E-state index contributed by atoms with van der Waals surface area (Å²) in [6, 6.07) is 6.77. The highest BCUT2D eigenvalue weighted by atomic mass is 32.2. The molecular formula is C24H23N9S. The summed E-state index contributed by atoms with van der Waals surface area (Å²) in [6.45, 7) is 4.16. The van der Waals surface area contributed by atoms with Crippen molar-refractivity contribution >= 4 is 28.2 Å². The second-order valence-electron chi connectivity index (χ2n) is 8.55. The lowest BCUT2D eigenvalue weighted by atomic mass is 10.1. The first kappa shape index (κ1) is 20.9. The normalized spacial score (nSPS) is 14.7. The number of nitrogens with one attached hydrogen (secondary N) is 1. The van der Waals surface area contributed by atoms with Gasteiger partial charge in [0.15, 0.2) is 0 Å². The molecule has 9 nitrogen and oxygen atoms in total. The van der Waals surface area contributed by atoms with Crippen LogP contribution >= 0.6 is 11.8 Å². The molecule has 5 aromatic rings. The summed E-state index contributed by atoms with van der Waals surface area (Å²) in [7, 11) is 1.91. The average molecular weight is 470 g/mol. The zero-order valence-electron chi connectivity index (χ0n) is 18.9. The maximum absolute atomic E-state index is 9.72. The van der Waals surface area contributed by atoms with Gasteiger partial charge in [-0.3, -0.25) is 9.36 Å². The van der Waals surface area contributed by atoms with E-state index in [4.69, 9.17) is 5.10 Å². The van der Waals surface area contributed by atoms with E-state index in [1.54, 1.807) is 16.9 Å². The minimum Gasteiger partial charge on any atom is -0.317 e. The van der Waals surface area contributed by atoms with Gasteiger partial charge < -0.3 is 5.32 Å². The highest BCUT2D eigenvalue weighted by molar-refractivity contribution is 7.99. The molecule has 0 aliphatic carbocycles. The summed E-state index contributed by atoms with van der Waals surface area (Å²) < 4.78 is 5.79. The second kappa shape index (κ2) is 8.27. The van der Waals surface area contributed by atoms with Crippen molar-refractivity contribution in [2.75, 3.05) is 13.1 Å². The largest absolute Gasteiger partial charge is 0.317 e. The van der Waals surface area contributed by atoms with E-state index in [0.717, 1.165) is 69.1 Å². The molecular weight excluding hydrogens is 446 g/mol. The molecule has 5 aromatic heterocycles. The van der Waals surface area contributed by atoms with Gasteiger partial charge in [-0.25, -0.2) is 9.50 Å². The van der Waals surface area contributed by atoms with Gasteiger partial charge in [0, 0.05) is 46.5 Å². The molecule has 0 unspecified atom stereocenters. The van der Waals surface area contributed by atoms with E-state index in [-0.39, 0.29) is 0 Å². The van der Waals surface area contributed by atoms with E-state index in [9.17, 15) is 5.26 Å². The van der Waals surface area contributed by atoms with Crippen molar-refractivity contribution in [3.63, 3.8) is 0 Å². The van der Waals surface area contributed by atoms with Crippen molar-refractivity contribution in [3.05, 3.63) is 54.4 Å². The highest BCUT2D eigenvalue weighted by Gasteiger charge is 2.21. The van der Waals surface area contributed by atoms with E-state index in [2.05, 4.69) is 44.2 Å². The van der Waals surface area contributed by atoms with Gasteiger partial charge in [-0.2, -0.15) is 20.6 Å². The predicted octanol–water partition coefficient (Wildman–Crippen LogP) is 3.74. The average Bonchev–Trinajstić information content (AvgIpc) is 3.56. The summed E-state index contributed by atoms with van der Waals surface area (Å²) in [5, 5.41) is 28.6. The van der Waals surface area contributed by atoms with Crippen molar-refractivity contribution in [1.82, 2.24) is 39.5 Å². The van der Waals surface area contributed by atoms with Crippen LogP contribution < -0.4 is 5.32 Å². The van der Waals surface area contributed by atoms with Crippen LogP contribution in [0.1, 0.15) is 30.1 Å². The predicted molar refractivity (Wildman–Crippen MR) is 130 cm³/mol. The summed E-state index contributed by atoms with van der Waals surface area (Å²) in [6.07, 6.45) is 11.3. The Morgan fingerprint density at radius 3 is 2.79 bits per heavy atom. The molecule has 1 saturated heterocycles. The Hall–Kier alpha value is -3.68. The zero-order chi connectivity index (χ0) is 23.2. The molecule has 1 fully saturated rings. The van der Waals surface area contributed by atoms with Crippen molar-refractivity contribution in [1.29, 1.82) is 5.26 Å². The third-order valence-corrected chi connectivity index (χ3v) is 7.55. The number of rotatable bonds is 4. The molecule has 10 heteroatoms. The minimum atomic E-state index is 0.411. The molecule has 0 bridgehead atoms. The maximum Gasteiger partial charge on any atom is 0.127 e. The third kappa shape index (κ3) is 3.36. The topological polar surface area (TPSA) is 102 Å². The van der Waals surface area contributed by atoms with Crippen LogP contribution in [0.4, 0.5) is 0 Å². The van der Waals surface area contributed by atoms with Crippen molar-refractivity contribution in [2.24, 2.45) is 7.05 Å². The lowest BCUT2D eigenvalue weighted by molar-refractivity contribution is 0.338. The monoisotopic (exact) mass is 469 g/mol. The van der Waals surface area contributed by atoms with Gasteiger partial charge in [-0.05, 0) is 45.0 Å². The van der Waals surface area contributed by atoms with Crippen LogP contribution in [-0.2, 0) is 7.05 Å². The molecule has 170 valence electrons. The number of piperidine rings is 1. The summed E-state index contributed by atoms with van der Waals surface area (Å²) >= 11 is 1.53. The summed E-state index contributed by atoms with van der Waals surface area (Å²) in [5.41, 5.74) is 5.50. The number of hydrogen-bond acceptors (Lipinski definition) is 7. The Kier molecular flexibility index (Phi) is 5.08. The van der Waals surface area contributed by atoms with Crippen LogP contribution in [0.15, 0.2) is 53.0 Å². The van der Waals surface area contributed by atoms with Crippen molar-refractivity contribution < 1.29 is 0 Å². The van der Waals surface area contributed by atoms with Crippen molar-refractivity contribution in [3.8, 4) is 17.2 Å². The molecule has 1 N–H and O–H groups in total. The molecule has 0 saturated carbocycles. The SMILES string of the molecule is Cc1c(-c2cc(Sc3nccc4cnn(C)c34)c3c(C#N)cnn3c2)cnn1C1CCNCC1. The Balaban J connectivity index is 1.49. The van der Waals surface area contributed by atoms with Gasteiger partial charge in [0.05, 0.1) is 35.7 Å². The van der Waals surface area contributed by atoms with Crippen LogP contribution in [0.3, 0.4) is 0 Å². The third-order valence-electron chi connectivity index (χ3n) is 6.53. The highest BCUT2D eigenvalue weighted by Crippen LogP contribution is 2.38. The van der Waals surface area contributed by atoms with Crippen LogP contribution in [0.2, 0.25) is 0 Å². The molecule has 34 heavy (non-hydrogen) atoms. The van der Waals surface area contributed by atoms with Crippen molar-refractivity contribution in [2.45, 2.75) is 35.7 Å². The van der Waals surface area contributed by atoms with E-state index in [1.165, 1.54) is 11.8 Å². The first-order chi connectivity index (χ1) is 16.6. The fraction of sp³-hybridized carbons (Fsp3) is 0.292. The Morgan fingerprint density at radius 1 is 1.12 bits per heavy atom. The first-order valence-corrected chi connectivity index (χ1v) is 12.1. The molecule has 0 aromatic carbocycles. The van der Waals surface area contributed by atoms with Gasteiger partial charge in [0.25, 0.3) is 0 Å². The number of nitriles is 1. The van der Waals surface area contributed by atoms with E-state index in [0.29, 0.717) is 11.6 Å². The lowest BCUT2D eigenvalue weighted by Crippen LogP contribution is -2.30. The van der Waals surface area contributed by atoms with E-state index < -0.39 is 0 Å². The Bertz CT molecular complexity index is 1560. The molecule has 0 amide bonds. The Morgan fingerprint density at radius 2 is 1.97 bits per heavy atom. The van der Waals surface area contributed by atoms with Gasteiger partial charge in [-0.1, -0.05) is 11.8 Å². The maximum atomic E-state index is 9.72. The zero-order valence-corrected chi connectivity index (χ0v) is 19.7. The van der Waals surface area contributed by atoms with Gasteiger partial charge in [0.1, 0.15) is 16.6 Å². The number of hydrogen-bond donors (Lipinski definition) is 1. The minimum absolute atomic E-state index is 0.411. The quantitative estimate of drug-likeness (QED) is 0.428.